The molecule has 12 heavy (non-hydrogen) atoms. The Morgan fingerprint density at radius 1 is 1.58 bits per heavy atom. The number of hydrazine groups is 1. The van der Waals surface area contributed by atoms with Crippen molar-refractivity contribution in [3.63, 3.8) is 0 Å². The number of nitrogens with two attached hydrogens (primary N) is 1. The van der Waals surface area contributed by atoms with Gasteiger partial charge >= 0.3 is 0 Å². The lowest BCUT2D eigenvalue weighted by molar-refractivity contribution is 0.339. The van der Waals surface area contributed by atoms with Crippen molar-refractivity contribution < 1.29 is 4.74 Å². The predicted molar refractivity (Wildman–Crippen MR) is 58.1 cm³/mol. The number of nitrogen functional groups attached to an aromatic ring is 1. The quantitative estimate of drug-likeness (QED) is 0.505. The Morgan fingerprint density at radius 3 is 2.92 bits per heavy atom. The van der Waals surface area contributed by atoms with Gasteiger partial charge < -0.3 is 10.2 Å². The summed E-state index contributed by atoms with van der Waals surface area (Å²) in [7, 11) is 0. The molecule has 0 radical (unpaired) electrons. The maximum atomic E-state index is 5.41. The summed E-state index contributed by atoms with van der Waals surface area (Å²) in [6.45, 7) is 2.60. The summed E-state index contributed by atoms with van der Waals surface area (Å²) in [5.41, 5.74) is 3.41. The number of rotatable bonds is 3. The highest BCUT2D eigenvalue weighted by atomic mass is 127. The van der Waals surface area contributed by atoms with E-state index >= 15 is 0 Å². The Morgan fingerprint density at radius 2 is 2.33 bits per heavy atom. The molecule has 0 bridgehead atoms. The fourth-order valence-electron chi connectivity index (χ4n) is 0.914. The van der Waals surface area contributed by atoms with Crippen molar-refractivity contribution in [2.45, 2.75) is 6.92 Å². The highest BCUT2D eigenvalue weighted by molar-refractivity contribution is 14.1. The van der Waals surface area contributed by atoms with Gasteiger partial charge in [-0.1, -0.05) is 6.07 Å². The van der Waals surface area contributed by atoms with E-state index in [1.165, 1.54) is 0 Å². The van der Waals surface area contributed by atoms with Gasteiger partial charge in [-0.15, -0.1) is 0 Å². The summed E-state index contributed by atoms with van der Waals surface area (Å²) < 4.78 is 6.47. The first-order valence-corrected chi connectivity index (χ1v) is 4.75. The van der Waals surface area contributed by atoms with E-state index < -0.39 is 0 Å². The molecule has 1 aromatic carbocycles. The molecule has 0 unspecified atom stereocenters. The third-order valence-electron chi connectivity index (χ3n) is 1.41. The van der Waals surface area contributed by atoms with Gasteiger partial charge in [-0.05, 0) is 41.6 Å². The van der Waals surface area contributed by atoms with Crippen LogP contribution in [0, 0.1) is 3.57 Å². The Labute approximate surface area is 85.4 Å². The minimum Gasteiger partial charge on any atom is -0.491 e. The molecular weight excluding hydrogens is 267 g/mol. The van der Waals surface area contributed by atoms with Gasteiger partial charge in [-0.3, -0.25) is 5.84 Å². The highest BCUT2D eigenvalue weighted by Crippen LogP contribution is 2.29. The molecule has 0 heterocycles. The topological polar surface area (TPSA) is 47.3 Å². The molecule has 0 atom stereocenters. The number of hydrogen-bond donors (Lipinski definition) is 2. The van der Waals surface area contributed by atoms with Gasteiger partial charge in [0.05, 0.1) is 15.9 Å². The summed E-state index contributed by atoms with van der Waals surface area (Å²) in [5, 5.41) is 0. The molecule has 0 aliphatic carbocycles. The van der Waals surface area contributed by atoms with Crippen molar-refractivity contribution in [3.8, 4) is 5.75 Å². The minimum atomic E-state index is 0.648. The van der Waals surface area contributed by atoms with Crippen LogP contribution in [-0.2, 0) is 0 Å². The van der Waals surface area contributed by atoms with Crippen molar-refractivity contribution in [2.24, 2.45) is 5.84 Å². The summed E-state index contributed by atoms with van der Waals surface area (Å²) >= 11 is 2.21. The monoisotopic (exact) mass is 278 g/mol. The van der Waals surface area contributed by atoms with Crippen LogP contribution in [0.15, 0.2) is 18.2 Å². The van der Waals surface area contributed by atoms with E-state index in [0.717, 1.165) is 15.0 Å². The molecule has 0 aliphatic rings. The molecular formula is C8H11IN2O. The summed E-state index contributed by atoms with van der Waals surface area (Å²) in [5.74, 6) is 6.14. The van der Waals surface area contributed by atoms with E-state index in [2.05, 4.69) is 28.0 Å². The zero-order chi connectivity index (χ0) is 8.97. The second-order valence-electron chi connectivity index (χ2n) is 2.19. The van der Waals surface area contributed by atoms with E-state index in [-0.39, 0.29) is 0 Å². The average molecular weight is 278 g/mol. The maximum absolute atomic E-state index is 5.41. The van der Waals surface area contributed by atoms with Crippen LogP contribution >= 0.6 is 22.6 Å². The molecule has 0 fully saturated rings. The van der Waals surface area contributed by atoms with Crippen molar-refractivity contribution in [2.75, 3.05) is 12.0 Å². The van der Waals surface area contributed by atoms with Gasteiger partial charge in [0, 0.05) is 0 Å². The number of para-hydroxylation sites is 1. The normalized spacial score (nSPS) is 9.58. The number of nitrogens with one attached hydrogen (secondary N) is 1. The molecule has 0 amide bonds. The van der Waals surface area contributed by atoms with E-state index in [1.807, 2.05) is 25.1 Å². The molecule has 0 saturated heterocycles. The average Bonchev–Trinajstić information content (AvgIpc) is 2.09. The highest BCUT2D eigenvalue weighted by Gasteiger charge is 2.04. The lowest BCUT2D eigenvalue weighted by atomic mass is 10.3. The summed E-state index contributed by atoms with van der Waals surface area (Å²) in [6.07, 6.45) is 0. The zero-order valence-corrected chi connectivity index (χ0v) is 8.96. The number of ether oxygens (including phenoxy) is 1. The third kappa shape index (κ3) is 2.01. The molecule has 66 valence electrons. The molecule has 3 nitrogen and oxygen atoms in total. The van der Waals surface area contributed by atoms with Crippen LogP contribution in [-0.4, -0.2) is 6.61 Å². The van der Waals surface area contributed by atoms with Crippen LogP contribution in [0.4, 0.5) is 5.69 Å². The van der Waals surface area contributed by atoms with Crippen molar-refractivity contribution in [1.29, 1.82) is 0 Å². The van der Waals surface area contributed by atoms with Crippen molar-refractivity contribution >= 4 is 28.3 Å². The van der Waals surface area contributed by atoms with Crippen LogP contribution in [0.25, 0.3) is 0 Å². The fraction of sp³-hybridized carbons (Fsp3) is 0.250. The van der Waals surface area contributed by atoms with Crippen molar-refractivity contribution in [1.82, 2.24) is 0 Å². The lowest BCUT2D eigenvalue weighted by Crippen LogP contribution is -2.09. The molecule has 0 saturated carbocycles. The smallest absolute Gasteiger partial charge is 0.156 e. The molecule has 1 aromatic rings. The van der Waals surface area contributed by atoms with Crippen LogP contribution in [0.3, 0.4) is 0 Å². The second kappa shape index (κ2) is 4.51. The Balaban J connectivity index is 3.02. The molecule has 1 rings (SSSR count). The number of anilines is 1. The first-order valence-electron chi connectivity index (χ1n) is 3.67. The molecule has 0 aromatic heterocycles. The molecule has 0 aliphatic heterocycles. The van der Waals surface area contributed by atoms with Crippen LogP contribution < -0.4 is 16.0 Å². The van der Waals surface area contributed by atoms with Gasteiger partial charge in [0.1, 0.15) is 0 Å². The fourth-order valence-corrected chi connectivity index (χ4v) is 1.57. The predicted octanol–water partition coefficient (Wildman–Crippen LogP) is 1.98. The number of benzene rings is 1. The maximum Gasteiger partial charge on any atom is 0.156 e. The summed E-state index contributed by atoms with van der Waals surface area (Å²) in [6, 6.07) is 5.79. The SMILES string of the molecule is CCOc1c(I)cccc1NN. The largest absolute Gasteiger partial charge is 0.491 e. The van der Waals surface area contributed by atoms with Gasteiger partial charge in [0.25, 0.3) is 0 Å². The standard InChI is InChI=1S/C8H11IN2O/c1-2-12-8-6(9)4-3-5-7(8)11-10/h3-5,11H,2,10H2,1H3. The lowest BCUT2D eigenvalue weighted by Gasteiger charge is -2.10. The van der Waals surface area contributed by atoms with Crippen LogP contribution in [0.5, 0.6) is 5.75 Å². The van der Waals surface area contributed by atoms with E-state index in [1.54, 1.807) is 0 Å². The molecule has 0 spiro atoms. The Bertz CT molecular complexity index is 265. The van der Waals surface area contributed by atoms with Gasteiger partial charge in [0.2, 0.25) is 0 Å². The third-order valence-corrected chi connectivity index (χ3v) is 2.26. The second-order valence-corrected chi connectivity index (χ2v) is 3.36. The van der Waals surface area contributed by atoms with E-state index in [9.17, 15) is 0 Å². The van der Waals surface area contributed by atoms with Gasteiger partial charge in [0.15, 0.2) is 5.75 Å². The summed E-state index contributed by atoms with van der Waals surface area (Å²) in [4.78, 5) is 0. The van der Waals surface area contributed by atoms with Crippen LogP contribution in [0.1, 0.15) is 6.92 Å². The number of hydrogen-bond acceptors (Lipinski definition) is 3. The van der Waals surface area contributed by atoms with E-state index in [0.29, 0.717) is 6.61 Å². The zero-order valence-electron chi connectivity index (χ0n) is 6.80. The Hall–Kier alpha value is -0.490. The van der Waals surface area contributed by atoms with Crippen molar-refractivity contribution in [3.05, 3.63) is 21.8 Å². The first-order chi connectivity index (χ1) is 5.79. The van der Waals surface area contributed by atoms with E-state index in [4.69, 9.17) is 10.6 Å². The molecule has 4 heteroatoms. The van der Waals surface area contributed by atoms with Crippen LogP contribution in [0.2, 0.25) is 0 Å². The van der Waals surface area contributed by atoms with Gasteiger partial charge in [-0.25, -0.2) is 0 Å². The first kappa shape index (κ1) is 9.60. The van der Waals surface area contributed by atoms with Gasteiger partial charge in [-0.2, -0.15) is 0 Å². The minimum absolute atomic E-state index is 0.648. The molecule has 3 N–H and O–H groups in total. The Kier molecular flexibility index (Phi) is 3.61. The number of halogens is 1.